The highest BCUT2D eigenvalue weighted by Gasteiger charge is 2.30. The Kier molecular flexibility index (Phi) is 4.42. The number of anilines is 1. The number of aromatic nitrogens is 3. The average Bonchev–Trinajstić information content (AvgIpc) is 2.98. The van der Waals surface area contributed by atoms with Gasteiger partial charge in [0.15, 0.2) is 0 Å². The molecular weight excluding hydrogens is 317 g/mol. The molecule has 2 aromatic carbocycles. The summed E-state index contributed by atoms with van der Waals surface area (Å²) in [5.74, 6) is 0. The molecule has 3 aromatic rings. The molecule has 1 heterocycles. The van der Waals surface area contributed by atoms with Crippen LogP contribution < -0.4 is 5.32 Å². The van der Waals surface area contributed by atoms with Crippen molar-refractivity contribution in [3.05, 3.63) is 54.1 Å². The summed E-state index contributed by atoms with van der Waals surface area (Å²) in [5.41, 5.74) is 1.62. The van der Waals surface area contributed by atoms with Gasteiger partial charge in [-0.05, 0) is 42.8 Å². The van der Waals surface area contributed by atoms with Crippen LogP contribution in [0.1, 0.15) is 31.5 Å². The smallest absolute Gasteiger partial charge is 0.364 e. The molecule has 0 aliphatic heterocycles. The number of nitrogens with one attached hydrogen (secondary N) is 1. The Hall–Kier alpha value is -2.57. The maximum atomic E-state index is 12.7. The first kappa shape index (κ1) is 16.3. The van der Waals surface area contributed by atoms with Gasteiger partial charge in [-0.1, -0.05) is 30.7 Å². The second-order valence-electron chi connectivity index (χ2n) is 5.55. The maximum Gasteiger partial charge on any atom is 0.416 e. The maximum absolute atomic E-state index is 12.7. The average molecular weight is 334 g/mol. The van der Waals surface area contributed by atoms with Gasteiger partial charge in [-0.25, -0.2) is 4.68 Å². The molecule has 0 radical (unpaired) electrons. The molecule has 24 heavy (non-hydrogen) atoms. The van der Waals surface area contributed by atoms with Crippen LogP contribution >= 0.6 is 0 Å². The molecule has 0 amide bonds. The fourth-order valence-corrected chi connectivity index (χ4v) is 2.59. The lowest BCUT2D eigenvalue weighted by Gasteiger charge is -2.20. The third-order valence-corrected chi connectivity index (χ3v) is 3.78. The van der Waals surface area contributed by atoms with Crippen molar-refractivity contribution in [3.8, 4) is 0 Å². The molecule has 1 N–H and O–H groups in total. The normalized spacial score (nSPS) is 13.2. The Morgan fingerprint density at radius 3 is 2.46 bits per heavy atom. The van der Waals surface area contributed by atoms with Crippen LogP contribution in [0.25, 0.3) is 11.0 Å². The van der Waals surface area contributed by atoms with Crippen LogP contribution in [-0.4, -0.2) is 15.0 Å². The summed E-state index contributed by atoms with van der Waals surface area (Å²) >= 11 is 0. The quantitative estimate of drug-likeness (QED) is 0.724. The van der Waals surface area contributed by atoms with Crippen molar-refractivity contribution >= 4 is 16.7 Å². The number of para-hydroxylation sites is 1. The van der Waals surface area contributed by atoms with Gasteiger partial charge >= 0.3 is 6.18 Å². The first-order chi connectivity index (χ1) is 11.5. The highest BCUT2D eigenvalue weighted by molar-refractivity contribution is 5.74. The van der Waals surface area contributed by atoms with E-state index in [2.05, 4.69) is 15.6 Å². The van der Waals surface area contributed by atoms with E-state index in [9.17, 15) is 13.2 Å². The van der Waals surface area contributed by atoms with Crippen molar-refractivity contribution in [1.29, 1.82) is 0 Å². The summed E-state index contributed by atoms with van der Waals surface area (Å²) in [6.45, 7) is 2.04. The van der Waals surface area contributed by atoms with Gasteiger partial charge in [0.2, 0.25) is 0 Å². The summed E-state index contributed by atoms with van der Waals surface area (Å²) in [5, 5.41) is 11.6. The van der Waals surface area contributed by atoms with Gasteiger partial charge < -0.3 is 5.32 Å². The summed E-state index contributed by atoms with van der Waals surface area (Å²) in [6.07, 6.45) is -2.84. The number of hydrogen-bond donors (Lipinski definition) is 1. The van der Waals surface area contributed by atoms with E-state index in [1.165, 1.54) is 12.1 Å². The van der Waals surface area contributed by atoms with E-state index in [0.717, 1.165) is 36.0 Å². The first-order valence-corrected chi connectivity index (χ1v) is 7.73. The van der Waals surface area contributed by atoms with Crippen LogP contribution in [-0.2, 0) is 6.18 Å². The summed E-state index contributed by atoms with van der Waals surface area (Å²) < 4.78 is 39.7. The van der Waals surface area contributed by atoms with Crippen molar-refractivity contribution < 1.29 is 13.2 Å². The lowest BCUT2D eigenvalue weighted by molar-refractivity contribution is -0.137. The number of alkyl halides is 3. The third kappa shape index (κ3) is 3.34. The van der Waals surface area contributed by atoms with Crippen molar-refractivity contribution in [1.82, 2.24) is 15.0 Å². The monoisotopic (exact) mass is 334 g/mol. The summed E-state index contributed by atoms with van der Waals surface area (Å²) in [6, 6.07) is 12.6. The molecular formula is C17H17F3N4. The zero-order valence-corrected chi connectivity index (χ0v) is 13.1. The predicted molar refractivity (Wildman–Crippen MR) is 86.5 cm³/mol. The Bertz CT molecular complexity index is 809. The topological polar surface area (TPSA) is 42.7 Å². The number of benzene rings is 2. The Morgan fingerprint density at radius 2 is 1.79 bits per heavy atom. The van der Waals surface area contributed by atoms with Crippen molar-refractivity contribution in [3.63, 3.8) is 0 Å². The standard InChI is InChI=1S/C17H17F3N4/c1-2-5-16(24-15-7-4-3-6-14(15)22-23-24)21-13-10-8-12(9-11-13)17(18,19)20/h3-4,6-11,16,21H,2,5H2,1H3. The van der Waals surface area contributed by atoms with Gasteiger partial charge in [0, 0.05) is 5.69 Å². The van der Waals surface area contributed by atoms with Crippen LogP contribution in [0.2, 0.25) is 0 Å². The lowest BCUT2D eigenvalue weighted by Crippen LogP contribution is -2.19. The van der Waals surface area contributed by atoms with Gasteiger partial charge in [0.05, 0.1) is 11.1 Å². The minimum absolute atomic E-state index is 0.181. The number of nitrogens with zero attached hydrogens (tertiary/aromatic N) is 3. The molecule has 1 aromatic heterocycles. The zero-order valence-electron chi connectivity index (χ0n) is 13.1. The molecule has 3 rings (SSSR count). The first-order valence-electron chi connectivity index (χ1n) is 7.73. The minimum Gasteiger partial charge on any atom is -0.364 e. The SMILES string of the molecule is CCCC(Nc1ccc(C(F)(F)F)cc1)n1nnc2ccccc21. The van der Waals surface area contributed by atoms with E-state index in [0.29, 0.717) is 5.69 Å². The third-order valence-electron chi connectivity index (χ3n) is 3.78. The van der Waals surface area contributed by atoms with Crippen LogP contribution in [0.3, 0.4) is 0 Å². The number of fused-ring (bicyclic) bond motifs is 1. The van der Waals surface area contributed by atoms with Gasteiger partial charge in [0.25, 0.3) is 0 Å². The second-order valence-corrected chi connectivity index (χ2v) is 5.55. The molecule has 0 saturated heterocycles. The zero-order chi connectivity index (χ0) is 17.2. The van der Waals surface area contributed by atoms with Crippen LogP contribution in [0.5, 0.6) is 0 Å². The highest BCUT2D eigenvalue weighted by atomic mass is 19.4. The van der Waals surface area contributed by atoms with Crippen molar-refractivity contribution in [2.24, 2.45) is 0 Å². The van der Waals surface area contributed by atoms with E-state index in [1.807, 2.05) is 31.2 Å². The lowest BCUT2D eigenvalue weighted by atomic mass is 10.2. The molecule has 0 aliphatic rings. The fraction of sp³-hybridized carbons (Fsp3) is 0.294. The number of rotatable bonds is 5. The van der Waals surface area contributed by atoms with Crippen molar-refractivity contribution in [2.75, 3.05) is 5.32 Å². The van der Waals surface area contributed by atoms with E-state index in [1.54, 1.807) is 4.68 Å². The summed E-state index contributed by atoms with van der Waals surface area (Å²) in [7, 11) is 0. The van der Waals surface area contributed by atoms with Gasteiger partial charge in [-0.2, -0.15) is 13.2 Å². The van der Waals surface area contributed by atoms with Crippen LogP contribution in [0.4, 0.5) is 18.9 Å². The van der Waals surface area contributed by atoms with Gasteiger partial charge in [0.1, 0.15) is 11.7 Å². The highest BCUT2D eigenvalue weighted by Crippen LogP contribution is 2.30. The Balaban J connectivity index is 1.87. The number of hydrogen-bond acceptors (Lipinski definition) is 3. The largest absolute Gasteiger partial charge is 0.416 e. The number of halogens is 3. The second kappa shape index (κ2) is 6.51. The summed E-state index contributed by atoms with van der Waals surface area (Å²) in [4.78, 5) is 0. The van der Waals surface area contributed by atoms with E-state index in [-0.39, 0.29) is 6.17 Å². The Morgan fingerprint density at radius 1 is 1.08 bits per heavy atom. The molecule has 4 nitrogen and oxygen atoms in total. The van der Waals surface area contributed by atoms with E-state index < -0.39 is 11.7 Å². The van der Waals surface area contributed by atoms with Gasteiger partial charge in [-0.15, -0.1) is 5.10 Å². The molecule has 0 aliphatic carbocycles. The van der Waals surface area contributed by atoms with E-state index in [4.69, 9.17) is 0 Å². The Labute approximate surface area is 137 Å². The molecule has 126 valence electrons. The molecule has 0 spiro atoms. The van der Waals surface area contributed by atoms with Crippen LogP contribution in [0.15, 0.2) is 48.5 Å². The fourth-order valence-electron chi connectivity index (χ4n) is 2.59. The van der Waals surface area contributed by atoms with Crippen molar-refractivity contribution in [2.45, 2.75) is 32.1 Å². The predicted octanol–water partition coefficient (Wildman–Crippen LogP) is 4.86. The van der Waals surface area contributed by atoms with Gasteiger partial charge in [-0.3, -0.25) is 0 Å². The molecule has 7 heteroatoms. The molecule has 0 bridgehead atoms. The van der Waals surface area contributed by atoms with E-state index >= 15 is 0 Å². The molecule has 1 atom stereocenters. The molecule has 1 unspecified atom stereocenters. The van der Waals surface area contributed by atoms with Crippen LogP contribution in [0, 0.1) is 0 Å². The molecule has 0 fully saturated rings. The molecule has 0 saturated carbocycles. The minimum atomic E-state index is -4.33.